The number of ether oxygens (including phenoxy) is 2. The molecule has 2 heterocycles. The summed E-state index contributed by atoms with van der Waals surface area (Å²) in [6.45, 7) is 16.2. The molecule has 378 valence electrons. The molecule has 5 amide bonds. The maximum absolute atomic E-state index is 14.7. The van der Waals surface area contributed by atoms with Gasteiger partial charge in [-0.05, 0) is 61.2 Å². The summed E-state index contributed by atoms with van der Waals surface area (Å²) in [7, 11) is 6.49. The molecule has 2 fully saturated rings. The number of rotatable bonds is 29. The van der Waals surface area contributed by atoms with Gasteiger partial charge in [-0.15, -0.1) is 0 Å². The Balaban J connectivity index is 1.69. The van der Waals surface area contributed by atoms with Gasteiger partial charge in [0.2, 0.25) is 29.5 Å². The predicted molar refractivity (Wildman–Crippen MR) is 263 cm³/mol. The van der Waals surface area contributed by atoms with Crippen molar-refractivity contribution in [2.75, 3.05) is 47.7 Å². The molecule has 1 N–H and O–H groups in total. The van der Waals surface area contributed by atoms with Crippen LogP contribution in [0.2, 0.25) is 0 Å². The van der Waals surface area contributed by atoms with Crippen LogP contribution in [-0.2, 0) is 43.0 Å². The van der Waals surface area contributed by atoms with Crippen molar-refractivity contribution in [2.45, 2.75) is 168 Å². The summed E-state index contributed by atoms with van der Waals surface area (Å²) in [5, 5.41) is 10.6. The van der Waals surface area contributed by atoms with E-state index in [1.165, 1.54) is 21.6 Å². The number of hydrogen-bond donors (Lipinski definition) is 1. The van der Waals surface area contributed by atoms with Gasteiger partial charge >= 0.3 is 0 Å². The van der Waals surface area contributed by atoms with E-state index in [9.17, 15) is 38.7 Å². The van der Waals surface area contributed by atoms with E-state index in [1.807, 2.05) is 92.0 Å². The number of thioether (sulfide) groups is 1. The van der Waals surface area contributed by atoms with E-state index in [1.54, 1.807) is 38.1 Å². The zero-order chi connectivity index (χ0) is 50.3. The summed E-state index contributed by atoms with van der Waals surface area (Å²) in [6, 6.07) is 7.71. The maximum atomic E-state index is 14.7. The Morgan fingerprint density at radius 1 is 0.836 bits per heavy atom. The number of nitrogens with zero attached hydrogens (tertiary/aromatic N) is 4. The third-order valence-electron chi connectivity index (χ3n) is 14.6. The average molecular weight is 957 g/mol. The number of unbranched alkanes of at least 4 members (excludes halogenated alkanes) is 2. The quantitative estimate of drug-likeness (QED) is 0.0648. The number of ketones is 2. The number of Topliss-reactive ketones (excluding diaryl/α,β-unsaturated/α-hetero) is 2. The second-order valence-corrected chi connectivity index (χ2v) is 21.0. The minimum atomic E-state index is -0.792. The van der Waals surface area contributed by atoms with E-state index in [4.69, 9.17) is 9.47 Å². The van der Waals surface area contributed by atoms with Gasteiger partial charge in [0.05, 0.1) is 48.1 Å². The van der Waals surface area contributed by atoms with Crippen molar-refractivity contribution in [3.8, 4) is 0 Å². The number of aliphatic hydroxyl groups excluding tert-OH is 1. The Morgan fingerprint density at radius 2 is 1.49 bits per heavy atom. The highest BCUT2D eigenvalue weighted by atomic mass is 32.2. The SMILES string of the molecule is CC[C@H](C)[C@@H](C(CC(=O)N1CCC[C@H]1C(OC)[C@@H](C)C(=O)C[C@H](C)[C@@H](O)c1ccccc1)OC)N(C)C(=O)[C@@H](CC(=O)[C@H](C(C)C)N(C)C(=O)CCCCCN1C(=O)CC(SC)C1=O)C(C)C. The smallest absolute Gasteiger partial charge is 0.242 e. The molecule has 0 radical (unpaired) electrons. The summed E-state index contributed by atoms with van der Waals surface area (Å²) in [4.78, 5) is 102. The summed E-state index contributed by atoms with van der Waals surface area (Å²) in [6.07, 6.45) is 4.26. The van der Waals surface area contributed by atoms with E-state index >= 15 is 0 Å². The van der Waals surface area contributed by atoms with Gasteiger partial charge in [-0.3, -0.25) is 38.5 Å². The molecule has 0 saturated carbocycles. The molecule has 3 rings (SSSR count). The Hall–Kier alpha value is -3.66. The zero-order valence-electron chi connectivity index (χ0n) is 42.9. The van der Waals surface area contributed by atoms with Crippen molar-refractivity contribution in [2.24, 2.45) is 35.5 Å². The molecule has 2 aliphatic rings. The average Bonchev–Trinajstić information content (AvgIpc) is 3.90. The summed E-state index contributed by atoms with van der Waals surface area (Å²) < 4.78 is 12.1. The maximum Gasteiger partial charge on any atom is 0.242 e. The number of benzene rings is 1. The molecule has 0 aliphatic carbocycles. The molecule has 11 atom stereocenters. The summed E-state index contributed by atoms with van der Waals surface area (Å²) >= 11 is 1.38. The van der Waals surface area contributed by atoms with Crippen LogP contribution in [0.25, 0.3) is 0 Å². The standard InChI is InChI=1S/C52H84N4O10S/c1-14-34(6)48(42(65-11)30-45(60)55-27-21-24-39(55)50(66-12)36(8)40(57)28-35(7)49(62)37-22-17-15-18-23-37)54(10)51(63)38(32(2)3)29-41(58)47(33(4)5)53(9)44(59)25-19-16-20-26-56-46(61)31-43(67-13)52(56)64/h15,17-18,22-23,32-36,38-39,42-43,47-50,62H,14,16,19-21,24-31H2,1-13H3/t34-,35-,36-,38-,39-,42?,43?,47-,48-,49+,50?/m0/s1. The molecule has 0 bridgehead atoms. The lowest BCUT2D eigenvalue weighted by Gasteiger charge is -2.41. The number of likely N-dealkylation sites (tertiary alicyclic amines) is 2. The number of hydrogen-bond acceptors (Lipinski definition) is 11. The second kappa shape index (κ2) is 27.5. The van der Waals surface area contributed by atoms with E-state index in [2.05, 4.69) is 0 Å². The first-order chi connectivity index (χ1) is 31.7. The number of carbonyl (C=O) groups excluding carboxylic acids is 7. The van der Waals surface area contributed by atoms with Crippen molar-refractivity contribution in [1.29, 1.82) is 0 Å². The first-order valence-electron chi connectivity index (χ1n) is 24.7. The van der Waals surface area contributed by atoms with Gasteiger partial charge in [0.1, 0.15) is 5.78 Å². The van der Waals surface area contributed by atoms with Crippen molar-refractivity contribution >= 4 is 52.9 Å². The van der Waals surface area contributed by atoms with E-state index < -0.39 is 42.2 Å². The van der Waals surface area contributed by atoms with Crippen LogP contribution < -0.4 is 0 Å². The Kier molecular flexibility index (Phi) is 23.7. The van der Waals surface area contributed by atoms with Crippen LogP contribution in [0.1, 0.15) is 138 Å². The Morgan fingerprint density at radius 3 is 2.04 bits per heavy atom. The lowest BCUT2D eigenvalue weighted by Crippen LogP contribution is -2.54. The lowest BCUT2D eigenvalue weighted by molar-refractivity contribution is -0.149. The van der Waals surface area contributed by atoms with Crippen molar-refractivity contribution in [1.82, 2.24) is 19.6 Å². The molecule has 0 spiro atoms. The largest absolute Gasteiger partial charge is 0.388 e. The molecule has 2 aliphatic heterocycles. The summed E-state index contributed by atoms with van der Waals surface area (Å²) in [5.41, 5.74) is 0.755. The van der Waals surface area contributed by atoms with Crippen LogP contribution in [0.15, 0.2) is 30.3 Å². The highest BCUT2D eigenvalue weighted by Gasteiger charge is 2.44. The third kappa shape index (κ3) is 15.2. The molecule has 0 aromatic heterocycles. The van der Waals surface area contributed by atoms with Crippen LogP contribution in [0.5, 0.6) is 0 Å². The molecule has 14 nitrogen and oxygen atoms in total. The van der Waals surface area contributed by atoms with Crippen LogP contribution in [0, 0.1) is 35.5 Å². The first-order valence-corrected chi connectivity index (χ1v) is 26.0. The van der Waals surface area contributed by atoms with Gasteiger partial charge in [-0.2, -0.15) is 11.8 Å². The van der Waals surface area contributed by atoms with Gasteiger partial charge in [0.25, 0.3) is 0 Å². The van der Waals surface area contributed by atoms with Gasteiger partial charge in [-0.1, -0.05) is 98.6 Å². The number of amides is 5. The van der Waals surface area contributed by atoms with Crippen LogP contribution in [0.4, 0.5) is 0 Å². The molecule has 1 aromatic carbocycles. The van der Waals surface area contributed by atoms with Crippen LogP contribution in [-0.4, -0.2) is 149 Å². The topological polar surface area (TPSA) is 171 Å². The van der Waals surface area contributed by atoms with Crippen LogP contribution >= 0.6 is 11.8 Å². The Labute approximate surface area is 406 Å². The third-order valence-corrected chi connectivity index (χ3v) is 15.6. The molecule has 3 unspecified atom stereocenters. The number of imide groups is 1. The van der Waals surface area contributed by atoms with Gasteiger partial charge in [0, 0.05) is 78.9 Å². The fourth-order valence-corrected chi connectivity index (χ4v) is 10.9. The fourth-order valence-electron chi connectivity index (χ4n) is 10.3. The normalized spacial score (nSPS) is 20.6. The van der Waals surface area contributed by atoms with Gasteiger partial charge < -0.3 is 29.3 Å². The number of methoxy groups -OCH3 is 2. The van der Waals surface area contributed by atoms with E-state index in [-0.39, 0.29) is 108 Å². The number of aliphatic hydroxyl groups is 1. The van der Waals surface area contributed by atoms with E-state index in [0.29, 0.717) is 45.2 Å². The highest BCUT2D eigenvalue weighted by Crippen LogP contribution is 2.33. The summed E-state index contributed by atoms with van der Waals surface area (Å²) in [5.74, 6) is -3.11. The van der Waals surface area contributed by atoms with Crippen molar-refractivity contribution in [3.05, 3.63) is 35.9 Å². The predicted octanol–water partition coefficient (Wildman–Crippen LogP) is 7.00. The zero-order valence-corrected chi connectivity index (χ0v) is 43.7. The molecule has 67 heavy (non-hydrogen) atoms. The number of carbonyl (C=O) groups is 7. The second-order valence-electron chi connectivity index (χ2n) is 19.9. The van der Waals surface area contributed by atoms with Gasteiger partial charge in [0.15, 0.2) is 5.78 Å². The van der Waals surface area contributed by atoms with Crippen molar-refractivity contribution < 1.29 is 48.1 Å². The minimum Gasteiger partial charge on any atom is -0.388 e. The van der Waals surface area contributed by atoms with Crippen LogP contribution in [0.3, 0.4) is 0 Å². The number of likely N-dealkylation sites (N-methyl/N-ethyl adjacent to an activating group) is 2. The highest BCUT2D eigenvalue weighted by molar-refractivity contribution is 8.00. The minimum absolute atomic E-state index is 0.000711. The monoisotopic (exact) mass is 957 g/mol. The first kappa shape index (κ1) is 57.7. The van der Waals surface area contributed by atoms with E-state index in [0.717, 1.165) is 12.0 Å². The van der Waals surface area contributed by atoms with Gasteiger partial charge in [-0.25, -0.2) is 0 Å². The van der Waals surface area contributed by atoms with Crippen molar-refractivity contribution in [3.63, 3.8) is 0 Å². The molecule has 1 aromatic rings. The molecular weight excluding hydrogens is 873 g/mol. The Bertz CT molecular complexity index is 1800. The molecule has 15 heteroatoms. The fraction of sp³-hybridized carbons (Fsp3) is 0.750. The lowest BCUT2D eigenvalue weighted by atomic mass is 9.83. The molecular formula is C52H84N4O10S. The molecule has 2 saturated heterocycles.